The van der Waals surface area contributed by atoms with Crippen molar-refractivity contribution in [3.05, 3.63) is 0 Å². The first-order valence-electron chi connectivity index (χ1n) is 4.70. The number of carbonyl (C=O) groups excluding carboxylic acids is 2. The van der Waals surface area contributed by atoms with Crippen molar-refractivity contribution in [3.8, 4) is 11.8 Å². The Morgan fingerprint density at radius 1 is 1.44 bits per heavy atom. The molecule has 0 heterocycles. The van der Waals surface area contributed by atoms with Gasteiger partial charge in [0.1, 0.15) is 6.29 Å². The van der Waals surface area contributed by atoms with Gasteiger partial charge in [0, 0.05) is 6.42 Å². The number of rotatable bonds is 3. The van der Waals surface area contributed by atoms with Gasteiger partial charge in [-0.2, -0.15) is 11.8 Å². The Balaban J connectivity index is 0. The van der Waals surface area contributed by atoms with E-state index in [0.29, 0.717) is 6.42 Å². The summed E-state index contributed by atoms with van der Waals surface area (Å²) >= 11 is 2.79. The first-order chi connectivity index (χ1) is 7.37. The lowest BCUT2D eigenvalue weighted by Crippen LogP contribution is -2.29. The number of carbonyl (C=O) groups is 2. The second-order valence-corrected chi connectivity index (χ2v) is 5.18. The summed E-state index contributed by atoms with van der Waals surface area (Å²) in [6.45, 7) is 3.52. The molecule has 0 aromatic rings. The van der Waals surface area contributed by atoms with Gasteiger partial charge in [-0.1, -0.05) is 17.7 Å². The summed E-state index contributed by atoms with van der Waals surface area (Å²) in [5.41, 5.74) is 4.94. The highest BCUT2D eigenvalue weighted by Gasteiger charge is 2.04. The van der Waals surface area contributed by atoms with Crippen molar-refractivity contribution in [2.75, 3.05) is 18.3 Å². The van der Waals surface area contributed by atoms with Crippen LogP contribution in [0.3, 0.4) is 0 Å². The standard InChI is InChI=1S/C7H11NOS.C4H8OS/c1-7(2,8)5-4-6(9)10-3;1-6-4-2-3-5/h8H2,1-3H3;3H,2,4H2,1H3. The van der Waals surface area contributed by atoms with Crippen molar-refractivity contribution in [1.29, 1.82) is 0 Å². The molecule has 16 heavy (non-hydrogen) atoms. The predicted molar refractivity (Wildman–Crippen MR) is 73.6 cm³/mol. The average molecular weight is 261 g/mol. The molecule has 0 aromatic carbocycles. The van der Waals surface area contributed by atoms with Crippen molar-refractivity contribution in [3.63, 3.8) is 0 Å². The van der Waals surface area contributed by atoms with Gasteiger partial charge in [-0.15, -0.1) is 0 Å². The quantitative estimate of drug-likeness (QED) is 0.474. The third-order valence-electron chi connectivity index (χ3n) is 1.11. The molecule has 0 saturated carbocycles. The first-order valence-corrected chi connectivity index (χ1v) is 7.31. The molecule has 0 aliphatic rings. The van der Waals surface area contributed by atoms with Gasteiger partial charge in [0.25, 0.3) is 5.12 Å². The first kappa shape index (κ1) is 17.9. The Kier molecular flexibility index (Phi) is 12.4. The monoisotopic (exact) mass is 261 g/mol. The number of nitrogens with two attached hydrogens (primary N) is 1. The molecule has 0 rings (SSSR count). The fourth-order valence-corrected chi connectivity index (χ4v) is 0.914. The SMILES string of the molecule is CSC(=O)C#CC(C)(C)N.CSCCC=O. The zero-order valence-electron chi connectivity index (χ0n) is 10.2. The molecule has 0 bridgehead atoms. The molecule has 0 aliphatic heterocycles. The van der Waals surface area contributed by atoms with Crippen molar-refractivity contribution < 1.29 is 9.59 Å². The Morgan fingerprint density at radius 3 is 2.25 bits per heavy atom. The second-order valence-electron chi connectivity index (χ2n) is 3.41. The van der Waals surface area contributed by atoms with E-state index < -0.39 is 5.54 Å². The lowest BCUT2D eigenvalue weighted by atomic mass is 10.1. The number of hydrogen-bond acceptors (Lipinski definition) is 5. The van der Waals surface area contributed by atoms with Crippen LogP contribution < -0.4 is 5.73 Å². The van der Waals surface area contributed by atoms with Crippen LogP contribution in [0.25, 0.3) is 0 Å². The van der Waals surface area contributed by atoms with Crippen LogP contribution >= 0.6 is 23.5 Å². The smallest absolute Gasteiger partial charge is 0.262 e. The van der Waals surface area contributed by atoms with Crippen LogP contribution in [0.4, 0.5) is 0 Å². The lowest BCUT2D eigenvalue weighted by Gasteiger charge is -2.06. The Labute approximate surface area is 106 Å². The number of hydrogen-bond donors (Lipinski definition) is 1. The van der Waals surface area contributed by atoms with Crippen LogP contribution in [0.2, 0.25) is 0 Å². The molecule has 3 nitrogen and oxygen atoms in total. The molecule has 5 heteroatoms. The maximum absolute atomic E-state index is 10.6. The summed E-state index contributed by atoms with van der Waals surface area (Å²) in [5, 5.41) is -0.140. The van der Waals surface area contributed by atoms with Crippen molar-refractivity contribution in [1.82, 2.24) is 0 Å². The highest BCUT2D eigenvalue weighted by Crippen LogP contribution is 1.95. The topological polar surface area (TPSA) is 60.2 Å². The largest absolute Gasteiger partial charge is 0.316 e. The summed E-state index contributed by atoms with van der Waals surface area (Å²) in [6, 6.07) is 0. The average Bonchev–Trinajstić information content (AvgIpc) is 2.22. The van der Waals surface area contributed by atoms with Gasteiger partial charge in [0.15, 0.2) is 0 Å². The zero-order valence-corrected chi connectivity index (χ0v) is 11.8. The van der Waals surface area contributed by atoms with Crippen molar-refractivity contribution in [2.45, 2.75) is 25.8 Å². The van der Waals surface area contributed by atoms with Crippen LogP contribution in [-0.4, -0.2) is 35.2 Å². The minimum absolute atomic E-state index is 0.140. The Bertz CT molecular complexity index is 261. The normalized spacial score (nSPS) is 9.31. The highest BCUT2D eigenvalue weighted by atomic mass is 32.2. The van der Waals surface area contributed by atoms with E-state index in [1.807, 2.05) is 6.26 Å². The summed E-state index contributed by atoms with van der Waals surface area (Å²) in [4.78, 5) is 20.1. The molecule has 0 spiro atoms. The third-order valence-corrected chi connectivity index (χ3v) is 2.23. The predicted octanol–water partition coefficient (Wildman–Crippen LogP) is 1.56. The van der Waals surface area contributed by atoms with Crippen LogP contribution in [0.5, 0.6) is 0 Å². The van der Waals surface area contributed by atoms with E-state index in [2.05, 4.69) is 11.8 Å². The lowest BCUT2D eigenvalue weighted by molar-refractivity contribution is -0.107. The van der Waals surface area contributed by atoms with Crippen molar-refractivity contribution >= 4 is 34.9 Å². The minimum Gasteiger partial charge on any atom is -0.316 e. The van der Waals surface area contributed by atoms with E-state index in [0.717, 1.165) is 23.8 Å². The molecular formula is C11H19NO2S2. The zero-order chi connectivity index (χ0) is 13.0. The van der Waals surface area contributed by atoms with Gasteiger partial charge in [0.05, 0.1) is 5.54 Å². The second kappa shape index (κ2) is 11.1. The molecule has 0 fully saturated rings. The molecular weight excluding hydrogens is 242 g/mol. The minimum atomic E-state index is -0.564. The van der Waals surface area contributed by atoms with Gasteiger partial charge >= 0.3 is 0 Å². The Morgan fingerprint density at radius 2 is 2.00 bits per heavy atom. The van der Waals surface area contributed by atoms with E-state index in [1.54, 1.807) is 31.9 Å². The van der Waals surface area contributed by atoms with E-state index in [-0.39, 0.29) is 5.12 Å². The molecule has 0 aliphatic carbocycles. The summed E-state index contributed by atoms with van der Waals surface area (Å²) in [6.07, 6.45) is 5.32. The molecule has 0 radical (unpaired) electrons. The van der Waals surface area contributed by atoms with Crippen LogP contribution in [-0.2, 0) is 9.59 Å². The molecule has 0 amide bonds. The maximum atomic E-state index is 10.6. The molecule has 0 saturated heterocycles. The summed E-state index contributed by atoms with van der Waals surface area (Å²) in [5.74, 6) is 6.01. The molecule has 0 aromatic heterocycles. The molecule has 0 unspecified atom stereocenters. The van der Waals surface area contributed by atoms with Gasteiger partial charge in [-0.25, -0.2) is 0 Å². The van der Waals surface area contributed by atoms with E-state index in [1.165, 1.54) is 0 Å². The van der Waals surface area contributed by atoms with Crippen LogP contribution in [0.1, 0.15) is 20.3 Å². The Hall–Kier alpha value is -0.440. The fraction of sp³-hybridized carbons (Fsp3) is 0.636. The van der Waals surface area contributed by atoms with Gasteiger partial charge < -0.3 is 10.5 Å². The van der Waals surface area contributed by atoms with E-state index >= 15 is 0 Å². The fourth-order valence-electron chi connectivity index (χ4n) is 0.429. The molecule has 0 atom stereocenters. The van der Waals surface area contributed by atoms with Crippen LogP contribution in [0.15, 0.2) is 0 Å². The van der Waals surface area contributed by atoms with Crippen molar-refractivity contribution in [2.24, 2.45) is 5.73 Å². The van der Waals surface area contributed by atoms with Crippen LogP contribution in [0, 0.1) is 11.8 Å². The van der Waals surface area contributed by atoms with E-state index in [4.69, 9.17) is 5.73 Å². The molecule has 2 N–H and O–H groups in total. The van der Waals surface area contributed by atoms with E-state index in [9.17, 15) is 9.59 Å². The van der Waals surface area contributed by atoms with Gasteiger partial charge in [-0.3, -0.25) is 4.79 Å². The number of thioether (sulfide) groups is 2. The third kappa shape index (κ3) is 19.2. The highest BCUT2D eigenvalue weighted by molar-refractivity contribution is 8.13. The molecule has 92 valence electrons. The maximum Gasteiger partial charge on any atom is 0.262 e. The summed E-state index contributed by atoms with van der Waals surface area (Å²) in [7, 11) is 0. The summed E-state index contributed by atoms with van der Waals surface area (Å²) < 4.78 is 0. The van der Waals surface area contributed by atoms with Gasteiger partial charge in [0.2, 0.25) is 0 Å². The van der Waals surface area contributed by atoms with Gasteiger partial charge in [-0.05, 0) is 38.0 Å². The number of aldehydes is 1.